The molecule has 7 nitrogen and oxygen atoms in total. The van der Waals surface area contributed by atoms with Crippen LogP contribution >= 0.6 is 11.3 Å². The molecular formula is C17H17N5O2S. The molecule has 0 saturated carbocycles. The highest BCUT2D eigenvalue weighted by atomic mass is 32.1. The zero-order chi connectivity index (χ0) is 17.4. The zero-order valence-electron chi connectivity index (χ0n) is 13.6. The Hall–Kier alpha value is -2.74. The number of thiazole rings is 1. The number of aromatic nitrogens is 3. The summed E-state index contributed by atoms with van der Waals surface area (Å²) in [5.41, 5.74) is 9.90. The average Bonchev–Trinajstić information content (AvgIpc) is 3.23. The summed E-state index contributed by atoms with van der Waals surface area (Å²) in [6.45, 7) is 2.64. The van der Waals surface area contributed by atoms with Crippen molar-refractivity contribution in [2.75, 3.05) is 12.3 Å². The zero-order valence-corrected chi connectivity index (χ0v) is 14.4. The van der Waals surface area contributed by atoms with Gasteiger partial charge in [-0.1, -0.05) is 0 Å². The van der Waals surface area contributed by atoms with Crippen LogP contribution in [0.3, 0.4) is 0 Å². The summed E-state index contributed by atoms with van der Waals surface area (Å²) in [5, 5.41) is 2.85. The number of amides is 1. The van der Waals surface area contributed by atoms with Gasteiger partial charge in [0.2, 0.25) is 5.91 Å². The van der Waals surface area contributed by atoms with Gasteiger partial charge < -0.3 is 15.8 Å². The van der Waals surface area contributed by atoms with Gasteiger partial charge in [-0.15, -0.1) is 11.3 Å². The number of carbonyl (C=O) groups is 1. The van der Waals surface area contributed by atoms with Gasteiger partial charge in [-0.05, 0) is 19.1 Å². The molecule has 1 unspecified atom stereocenters. The van der Waals surface area contributed by atoms with Gasteiger partial charge in [0.1, 0.15) is 17.7 Å². The van der Waals surface area contributed by atoms with Crippen molar-refractivity contribution in [2.45, 2.75) is 19.4 Å². The number of hydrogen-bond acceptors (Lipinski definition) is 7. The van der Waals surface area contributed by atoms with E-state index in [2.05, 4.69) is 20.3 Å². The van der Waals surface area contributed by atoms with Gasteiger partial charge in [0.05, 0.1) is 33.8 Å². The number of ether oxygens (including phenoxy) is 1. The van der Waals surface area contributed by atoms with Gasteiger partial charge in [0.15, 0.2) is 0 Å². The molecule has 2 atom stereocenters. The van der Waals surface area contributed by atoms with Crippen molar-refractivity contribution in [1.29, 1.82) is 0 Å². The molecule has 3 N–H and O–H groups in total. The Morgan fingerprint density at radius 3 is 3.04 bits per heavy atom. The fourth-order valence-corrected chi connectivity index (χ4v) is 3.68. The Kier molecular flexibility index (Phi) is 3.96. The fraction of sp³-hybridized carbons (Fsp3) is 0.294. The second kappa shape index (κ2) is 6.29. The highest BCUT2D eigenvalue weighted by Gasteiger charge is 2.28. The van der Waals surface area contributed by atoms with E-state index >= 15 is 0 Å². The lowest BCUT2D eigenvalue weighted by molar-refractivity contribution is -0.119. The first kappa shape index (κ1) is 15.8. The molecule has 1 aliphatic heterocycles. The van der Waals surface area contributed by atoms with Gasteiger partial charge >= 0.3 is 0 Å². The molecular weight excluding hydrogens is 338 g/mol. The molecule has 4 rings (SSSR count). The maximum atomic E-state index is 11.5. The second-order valence-electron chi connectivity index (χ2n) is 6.10. The summed E-state index contributed by atoms with van der Waals surface area (Å²) in [5.74, 6) is 1.34. The number of benzene rings is 1. The van der Waals surface area contributed by atoms with E-state index in [1.807, 2.05) is 19.1 Å². The monoisotopic (exact) mass is 355 g/mol. The molecule has 8 heteroatoms. The van der Waals surface area contributed by atoms with Gasteiger partial charge in [0.25, 0.3) is 0 Å². The van der Waals surface area contributed by atoms with E-state index in [0.717, 1.165) is 21.5 Å². The molecule has 0 bridgehead atoms. The standard InChI is InChI=1S/C17H17N5O2S/c1-9(11-4-16(23)20-5-11)24-14-3-10(2-12-17(14)25-8-21-12)13-6-19-7-15(18)22-13/h2-3,6-9,11H,4-5H2,1H3,(H2,18,22)(H,20,23)/t9-,11?/m1/s1. The third-order valence-corrected chi connectivity index (χ3v) is 5.19. The summed E-state index contributed by atoms with van der Waals surface area (Å²) in [4.78, 5) is 24.3. The lowest BCUT2D eigenvalue weighted by Gasteiger charge is -2.20. The van der Waals surface area contributed by atoms with Crippen molar-refractivity contribution in [3.63, 3.8) is 0 Å². The first-order valence-corrected chi connectivity index (χ1v) is 8.86. The SMILES string of the molecule is C[C@@H](Oc1cc(-c2cncc(N)n2)cc2ncsc12)C1CNC(=O)C1. The van der Waals surface area contributed by atoms with Crippen LogP contribution in [0.15, 0.2) is 30.0 Å². The van der Waals surface area contributed by atoms with Crippen molar-refractivity contribution in [3.8, 4) is 17.0 Å². The molecule has 25 heavy (non-hydrogen) atoms. The van der Waals surface area contributed by atoms with E-state index in [1.54, 1.807) is 11.7 Å². The van der Waals surface area contributed by atoms with Crippen molar-refractivity contribution in [1.82, 2.24) is 20.3 Å². The molecule has 0 aliphatic carbocycles. The van der Waals surface area contributed by atoms with E-state index in [-0.39, 0.29) is 17.9 Å². The van der Waals surface area contributed by atoms with Crippen molar-refractivity contribution in [3.05, 3.63) is 30.0 Å². The lowest BCUT2D eigenvalue weighted by atomic mass is 10.0. The van der Waals surface area contributed by atoms with Crippen LogP contribution in [-0.4, -0.2) is 33.5 Å². The van der Waals surface area contributed by atoms with Crippen LogP contribution in [0.4, 0.5) is 5.82 Å². The highest BCUT2D eigenvalue weighted by Crippen LogP contribution is 2.35. The molecule has 1 aliphatic rings. The highest BCUT2D eigenvalue weighted by molar-refractivity contribution is 7.17. The molecule has 1 amide bonds. The third kappa shape index (κ3) is 3.12. The van der Waals surface area contributed by atoms with Gasteiger partial charge in [0, 0.05) is 24.4 Å². The second-order valence-corrected chi connectivity index (χ2v) is 6.95. The normalized spacial score (nSPS) is 18.3. The van der Waals surface area contributed by atoms with Gasteiger partial charge in [-0.25, -0.2) is 9.97 Å². The minimum absolute atomic E-state index is 0.0761. The third-order valence-electron chi connectivity index (χ3n) is 4.33. The first-order valence-electron chi connectivity index (χ1n) is 7.98. The lowest BCUT2D eigenvalue weighted by Crippen LogP contribution is -2.25. The van der Waals surface area contributed by atoms with Gasteiger partial charge in [-0.2, -0.15) is 0 Å². The minimum Gasteiger partial charge on any atom is -0.489 e. The molecule has 3 heterocycles. The smallest absolute Gasteiger partial charge is 0.220 e. The largest absolute Gasteiger partial charge is 0.489 e. The number of nitrogen functional groups attached to an aromatic ring is 1. The number of rotatable bonds is 4. The summed E-state index contributed by atoms with van der Waals surface area (Å²) in [6, 6.07) is 3.89. The number of anilines is 1. The topological polar surface area (TPSA) is 103 Å². The molecule has 0 spiro atoms. The van der Waals surface area contributed by atoms with Crippen LogP contribution in [0.5, 0.6) is 5.75 Å². The quantitative estimate of drug-likeness (QED) is 0.744. The summed E-state index contributed by atoms with van der Waals surface area (Å²) >= 11 is 1.53. The van der Waals surface area contributed by atoms with Crippen molar-refractivity contribution >= 4 is 33.3 Å². The van der Waals surface area contributed by atoms with Crippen LogP contribution in [0.2, 0.25) is 0 Å². The Morgan fingerprint density at radius 2 is 2.28 bits per heavy atom. The number of carbonyl (C=O) groups excluding carboxylic acids is 1. The Bertz CT molecular complexity index is 942. The molecule has 3 aromatic rings. The maximum absolute atomic E-state index is 11.5. The van der Waals surface area contributed by atoms with Crippen LogP contribution in [0.1, 0.15) is 13.3 Å². The summed E-state index contributed by atoms with van der Waals surface area (Å²) < 4.78 is 7.19. The number of nitrogens with one attached hydrogen (secondary N) is 1. The van der Waals surface area contributed by atoms with Crippen molar-refractivity contribution in [2.24, 2.45) is 5.92 Å². The Labute approximate surface area is 148 Å². The van der Waals surface area contributed by atoms with Crippen LogP contribution in [0.25, 0.3) is 21.5 Å². The molecule has 1 saturated heterocycles. The molecule has 1 fully saturated rings. The van der Waals surface area contributed by atoms with E-state index < -0.39 is 0 Å². The van der Waals surface area contributed by atoms with Crippen LogP contribution < -0.4 is 15.8 Å². The van der Waals surface area contributed by atoms with E-state index in [1.165, 1.54) is 17.5 Å². The summed E-state index contributed by atoms with van der Waals surface area (Å²) in [6.07, 6.45) is 3.57. The number of nitrogens with zero attached hydrogens (tertiary/aromatic N) is 3. The minimum atomic E-state index is -0.0913. The predicted octanol–water partition coefficient (Wildman–Crippen LogP) is 2.24. The number of fused-ring (bicyclic) bond motifs is 1. The van der Waals surface area contributed by atoms with E-state index in [4.69, 9.17) is 10.5 Å². The Morgan fingerprint density at radius 1 is 1.40 bits per heavy atom. The molecule has 1 aromatic carbocycles. The molecule has 0 radical (unpaired) electrons. The van der Waals surface area contributed by atoms with Gasteiger partial charge in [-0.3, -0.25) is 9.78 Å². The number of hydrogen-bond donors (Lipinski definition) is 2. The van der Waals surface area contributed by atoms with E-state index in [0.29, 0.717) is 24.5 Å². The molecule has 128 valence electrons. The predicted molar refractivity (Wildman–Crippen MR) is 96.3 cm³/mol. The Balaban J connectivity index is 1.70. The fourth-order valence-electron chi connectivity index (χ4n) is 2.95. The molecule has 2 aromatic heterocycles. The van der Waals surface area contributed by atoms with Crippen molar-refractivity contribution < 1.29 is 9.53 Å². The van der Waals surface area contributed by atoms with E-state index in [9.17, 15) is 4.79 Å². The average molecular weight is 355 g/mol. The number of nitrogens with two attached hydrogens (primary N) is 1. The van der Waals surface area contributed by atoms with Crippen LogP contribution in [0, 0.1) is 5.92 Å². The van der Waals surface area contributed by atoms with Crippen LogP contribution in [-0.2, 0) is 4.79 Å². The first-order chi connectivity index (χ1) is 12.1. The maximum Gasteiger partial charge on any atom is 0.220 e. The summed E-state index contributed by atoms with van der Waals surface area (Å²) in [7, 11) is 0.